The number of rotatable bonds is 6. The summed E-state index contributed by atoms with van der Waals surface area (Å²) in [4.78, 5) is 0. The molecule has 0 aromatic carbocycles. The first-order chi connectivity index (χ1) is 16.3. The quantitative estimate of drug-likeness (QED) is 0.347. The van der Waals surface area contributed by atoms with E-state index >= 15 is 0 Å². The van der Waals surface area contributed by atoms with Crippen molar-refractivity contribution >= 4 is 0 Å². The third-order valence-electron chi connectivity index (χ3n) is 10.7. The molecule has 0 spiro atoms. The summed E-state index contributed by atoms with van der Waals surface area (Å²) >= 11 is 0. The first kappa shape index (κ1) is 33.0. The Kier molecular flexibility index (Phi) is 15.8. The van der Waals surface area contributed by atoms with Gasteiger partial charge in [0, 0.05) is 0 Å². The van der Waals surface area contributed by atoms with E-state index in [2.05, 4.69) is 83.1 Å². The van der Waals surface area contributed by atoms with Crippen molar-refractivity contribution in [2.24, 2.45) is 71.0 Å². The predicted octanol–water partition coefficient (Wildman–Crippen LogP) is 11.9. The van der Waals surface area contributed by atoms with Gasteiger partial charge < -0.3 is 0 Å². The summed E-state index contributed by atoms with van der Waals surface area (Å²) in [5, 5.41) is 0. The van der Waals surface area contributed by atoms with E-state index in [1.54, 1.807) is 0 Å². The SMILES string of the molecule is CC(C)C1CCC(C(C)C)C1.CC(C)C1CCC(C(C)C)CC1.CC(C)C1CCCC(C(C)C)C1. The van der Waals surface area contributed by atoms with Gasteiger partial charge in [-0.05, 0) is 122 Å². The first-order valence-electron chi connectivity index (χ1n) is 16.3. The van der Waals surface area contributed by atoms with Crippen molar-refractivity contribution in [3.63, 3.8) is 0 Å². The van der Waals surface area contributed by atoms with E-state index in [0.717, 1.165) is 71.0 Å². The van der Waals surface area contributed by atoms with Crippen LogP contribution in [0.25, 0.3) is 0 Å². The fourth-order valence-electron chi connectivity index (χ4n) is 7.22. The van der Waals surface area contributed by atoms with Gasteiger partial charge in [-0.1, -0.05) is 102 Å². The standard InChI is InChI=1S/2C12H24.C11H22/c1-9(2)11-5-7-12(8-6-11)10(3)4;1-9(2)11-6-5-7-12(8-11)10(3)4;1-8(2)10-5-6-11(7-10)9(3)4/h2*9-12H,5-8H2,1-4H3;8-11H,5-7H2,1-4H3. The zero-order valence-electron chi connectivity index (χ0n) is 26.7. The summed E-state index contributed by atoms with van der Waals surface area (Å²) < 4.78 is 0. The van der Waals surface area contributed by atoms with Gasteiger partial charge in [0.1, 0.15) is 0 Å². The van der Waals surface area contributed by atoms with Crippen LogP contribution in [-0.4, -0.2) is 0 Å². The van der Waals surface area contributed by atoms with Gasteiger partial charge in [0.05, 0.1) is 0 Å². The minimum Gasteiger partial charge on any atom is -0.0625 e. The molecule has 3 fully saturated rings. The van der Waals surface area contributed by atoms with Gasteiger partial charge in [0.15, 0.2) is 0 Å². The Morgan fingerprint density at radius 2 is 0.486 bits per heavy atom. The van der Waals surface area contributed by atoms with Crippen LogP contribution in [0.1, 0.15) is 154 Å². The van der Waals surface area contributed by atoms with Gasteiger partial charge in [0.2, 0.25) is 0 Å². The topological polar surface area (TPSA) is 0 Å². The lowest BCUT2D eigenvalue weighted by molar-refractivity contribution is 0.177. The van der Waals surface area contributed by atoms with Crippen LogP contribution in [0.2, 0.25) is 0 Å². The monoisotopic (exact) mass is 491 g/mol. The molecule has 4 atom stereocenters. The van der Waals surface area contributed by atoms with Crippen LogP contribution in [0.15, 0.2) is 0 Å². The average Bonchev–Trinajstić information content (AvgIpc) is 3.31. The Labute approximate surface area is 224 Å². The van der Waals surface area contributed by atoms with E-state index in [9.17, 15) is 0 Å². The van der Waals surface area contributed by atoms with Gasteiger partial charge >= 0.3 is 0 Å². The van der Waals surface area contributed by atoms with Crippen LogP contribution in [-0.2, 0) is 0 Å². The molecule has 0 heterocycles. The Morgan fingerprint density at radius 3 is 0.686 bits per heavy atom. The molecule has 0 bridgehead atoms. The van der Waals surface area contributed by atoms with Crippen LogP contribution in [0.3, 0.4) is 0 Å². The molecule has 0 radical (unpaired) electrons. The zero-order valence-corrected chi connectivity index (χ0v) is 26.7. The Morgan fingerprint density at radius 1 is 0.286 bits per heavy atom. The summed E-state index contributed by atoms with van der Waals surface area (Å²) in [5.41, 5.74) is 0. The van der Waals surface area contributed by atoms with Crippen LogP contribution in [0.4, 0.5) is 0 Å². The lowest BCUT2D eigenvalue weighted by Gasteiger charge is -2.33. The molecule has 0 amide bonds. The molecule has 0 saturated heterocycles. The maximum atomic E-state index is 2.38. The fourth-order valence-corrected chi connectivity index (χ4v) is 7.22. The highest BCUT2D eigenvalue weighted by Crippen LogP contribution is 2.39. The summed E-state index contributed by atoms with van der Waals surface area (Å²) in [6, 6.07) is 0. The van der Waals surface area contributed by atoms with Gasteiger partial charge in [-0.3, -0.25) is 0 Å². The highest BCUT2D eigenvalue weighted by Gasteiger charge is 2.28. The molecule has 0 aromatic rings. The maximum Gasteiger partial charge on any atom is -0.0388 e. The number of hydrogen-bond donors (Lipinski definition) is 0. The molecule has 0 aromatic heterocycles. The van der Waals surface area contributed by atoms with Crippen molar-refractivity contribution in [3.8, 4) is 0 Å². The average molecular weight is 491 g/mol. The molecular weight excluding hydrogens is 420 g/mol. The molecule has 0 nitrogen and oxygen atoms in total. The highest BCUT2D eigenvalue weighted by atomic mass is 14.3. The molecule has 35 heavy (non-hydrogen) atoms. The minimum absolute atomic E-state index is 0.909. The van der Waals surface area contributed by atoms with E-state index in [-0.39, 0.29) is 0 Å². The fraction of sp³-hybridized carbons (Fsp3) is 1.00. The van der Waals surface area contributed by atoms with E-state index in [1.165, 1.54) is 70.6 Å². The van der Waals surface area contributed by atoms with Gasteiger partial charge in [-0.2, -0.15) is 0 Å². The molecule has 0 aliphatic heterocycles. The van der Waals surface area contributed by atoms with E-state index in [4.69, 9.17) is 0 Å². The van der Waals surface area contributed by atoms with Crippen molar-refractivity contribution in [1.82, 2.24) is 0 Å². The Balaban J connectivity index is 0.000000263. The molecule has 3 rings (SSSR count). The number of hydrogen-bond acceptors (Lipinski definition) is 0. The van der Waals surface area contributed by atoms with Crippen LogP contribution >= 0.6 is 0 Å². The molecule has 3 aliphatic carbocycles. The largest absolute Gasteiger partial charge is 0.0625 e. The summed E-state index contributed by atoms with van der Waals surface area (Å²) in [7, 11) is 0. The molecule has 4 unspecified atom stereocenters. The van der Waals surface area contributed by atoms with Crippen LogP contribution < -0.4 is 0 Å². The first-order valence-corrected chi connectivity index (χ1v) is 16.3. The van der Waals surface area contributed by atoms with E-state index in [0.29, 0.717) is 0 Å². The van der Waals surface area contributed by atoms with Crippen molar-refractivity contribution in [2.45, 2.75) is 154 Å². The minimum atomic E-state index is 0.909. The van der Waals surface area contributed by atoms with E-state index in [1.807, 2.05) is 0 Å². The molecule has 3 aliphatic rings. The highest BCUT2D eigenvalue weighted by molar-refractivity contribution is 4.79. The Bertz CT molecular complexity index is 458. The summed E-state index contributed by atoms with van der Waals surface area (Å²) in [6.45, 7) is 28.5. The molecular formula is C35H70. The normalized spacial score (nSPS) is 31.7. The zero-order chi connectivity index (χ0) is 26.7. The third kappa shape index (κ3) is 12.4. The second-order valence-corrected chi connectivity index (χ2v) is 15.2. The molecule has 0 heteroatoms. The molecule has 210 valence electrons. The van der Waals surface area contributed by atoms with Gasteiger partial charge in [0.25, 0.3) is 0 Å². The molecule has 3 saturated carbocycles. The van der Waals surface area contributed by atoms with Crippen molar-refractivity contribution in [1.29, 1.82) is 0 Å². The van der Waals surface area contributed by atoms with E-state index < -0.39 is 0 Å². The van der Waals surface area contributed by atoms with Crippen LogP contribution in [0.5, 0.6) is 0 Å². The Hall–Kier alpha value is 0. The summed E-state index contributed by atoms with van der Waals surface area (Å²) in [6.07, 6.45) is 16.4. The van der Waals surface area contributed by atoms with Crippen LogP contribution in [0, 0.1) is 71.0 Å². The lowest BCUT2D eigenvalue weighted by atomic mass is 9.72. The second-order valence-electron chi connectivity index (χ2n) is 15.2. The molecule has 0 N–H and O–H groups in total. The lowest BCUT2D eigenvalue weighted by Crippen LogP contribution is -2.22. The van der Waals surface area contributed by atoms with Crippen molar-refractivity contribution < 1.29 is 0 Å². The van der Waals surface area contributed by atoms with Gasteiger partial charge in [-0.25, -0.2) is 0 Å². The maximum absolute atomic E-state index is 2.38. The smallest absolute Gasteiger partial charge is 0.0388 e. The van der Waals surface area contributed by atoms with Gasteiger partial charge in [-0.15, -0.1) is 0 Å². The summed E-state index contributed by atoms with van der Waals surface area (Å²) in [5.74, 6) is 11.6. The van der Waals surface area contributed by atoms with Crippen molar-refractivity contribution in [3.05, 3.63) is 0 Å². The third-order valence-corrected chi connectivity index (χ3v) is 10.7. The second kappa shape index (κ2) is 16.8. The predicted molar refractivity (Wildman–Crippen MR) is 161 cm³/mol. The van der Waals surface area contributed by atoms with Crippen molar-refractivity contribution in [2.75, 3.05) is 0 Å².